The lowest BCUT2D eigenvalue weighted by Crippen LogP contribution is -2.47. The van der Waals surface area contributed by atoms with E-state index in [1.54, 1.807) is 6.07 Å². The van der Waals surface area contributed by atoms with E-state index in [0.29, 0.717) is 12.2 Å². The fourth-order valence-corrected chi connectivity index (χ4v) is 3.93. The van der Waals surface area contributed by atoms with Crippen molar-refractivity contribution in [2.75, 3.05) is 49.5 Å². The van der Waals surface area contributed by atoms with Crippen LogP contribution in [0, 0.1) is 5.82 Å². The first-order valence-corrected chi connectivity index (χ1v) is 10.5. The second kappa shape index (κ2) is 9.59. The number of piperazine rings is 1. The van der Waals surface area contributed by atoms with Crippen molar-refractivity contribution >= 4 is 28.2 Å². The van der Waals surface area contributed by atoms with Gasteiger partial charge in [-0.25, -0.2) is 9.18 Å². The molecule has 2 N–H and O–H groups in total. The predicted molar refractivity (Wildman–Crippen MR) is 121 cm³/mol. The molecule has 0 atom stereocenters. The van der Waals surface area contributed by atoms with Crippen molar-refractivity contribution in [2.45, 2.75) is 6.42 Å². The molecule has 30 heavy (non-hydrogen) atoms. The van der Waals surface area contributed by atoms with E-state index in [4.69, 9.17) is 0 Å². The Balaban J connectivity index is 1.18. The van der Waals surface area contributed by atoms with Gasteiger partial charge >= 0.3 is 6.03 Å². The van der Waals surface area contributed by atoms with Crippen LogP contribution in [-0.2, 0) is 0 Å². The summed E-state index contributed by atoms with van der Waals surface area (Å²) in [4.78, 5) is 16.7. The van der Waals surface area contributed by atoms with E-state index in [0.717, 1.165) is 55.6 Å². The number of anilines is 2. The largest absolute Gasteiger partial charge is 0.367 e. The molecule has 4 rings (SSSR count). The van der Waals surface area contributed by atoms with E-state index in [1.807, 2.05) is 54.6 Å². The molecule has 1 fully saturated rings. The molecule has 2 amide bonds. The van der Waals surface area contributed by atoms with Crippen LogP contribution in [0.4, 0.5) is 20.6 Å². The summed E-state index contributed by atoms with van der Waals surface area (Å²) in [5.74, 6) is -0.160. The first-order valence-electron chi connectivity index (χ1n) is 10.5. The van der Waals surface area contributed by atoms with E-state index in [-0.39, 0.29) is 11.8 Å². The SMILES string of the molecule is O=C(NCCCN1CCN(c2ccccc2F)CC1)Nc1cccc2ccccc12. The van der Waals surface area contributed by atoms with Crippen molar-refractivity contribution in [2.24, 2.45) is 0 Å². The summed E-state index contributed by atoms with van der Waals surface area (Å²) in [5.41, 5.74) is 1.50. The lowest BCUT2D eigenvalue weighted by atomic mass is 10.1. The van der Waals surface area contributed by atoms with E-state index in [2.05, 4.69) is 20.4 Å². The highest BCUT2D eigenvalue weighted by Crippen LogP contribution is 2.23. The molecular formula is C24H27FN4O. The van der Waals surface area contributed by atoms with Gasteiger partial charge in [0.15, 0.2) is 0 Å². The maximum atomic E-state index is 13.9. The molecule has 1 aliphatic heterocycles. The first kappa shape index (κ1) is 20.2. The number of fused-ring (bicyclic) bond motifs is 1. The number of para-hydroxylation sites is 1. The average Bonchev–Trinajstić information content (AvgIpc) is 2.78. The number of carbonyl (C=O) groups excluding carboxylic acids is 1. The van der Waals surface area contributed by atoms with Gasteiger partial charge in [0.05, 0.1) is 11.4 Å². The van der Waals surface area contributed by atoms with E-state index in [1.165, 1.54) is 6.07 Å². The number of benzene rings is 3. The van der Waals surface area contributed by atoms with Crippen molar-refractivity contribution < 1.29 is 9.18 Å². The lowest BCUT2D eigenvalue weighted by molar-refractivity contribution is 0.244. The third kappa shape index (κ3) is 4.89. The summed E-state index contributed by atoms with van der Waals surface area (Å²) >= 11 is 0. The smallest absolute Gasteiger partial charge is 0.319 e. The van der Waals surface area contributed by atoms with Gasteiger partial charge in [0, 0.05) is 38.1 Å². The van der Waals surface area contributed by atoms with E-state index >= 15 is 0 Å². The van der Waals surface area contributed by atoms with Crippen LogP contribution in [0.2, 0.25) is 0 Å². The number of hydrogen-bond acceptors (Lipinski definition) is 3. The van der Waals surface area contributed by atoms with Crippen LogP contribution in [-0.4, -0.2) is 50.2 Å². The van der Waals surface area contributed by atoms with Crippen molar-refractivity contribution in [3.63, 3.8) is 0 Å². The quantitative estimate of drug-likeness (QED) is 0.600. The van der Waals surface area contributed by atoms with Crippen LogP contribution >= 0.6 is 0 Å². The van der Waals surface area contributed by atoms with Crippen LogP contribution in [0.1, 0.15) is 6.42 Å². The Morgan fingerprint density at radius 1 is 0.900 bits per heavy atom. The van der Waals surface area contributed by atoms with Gasteiger partial charge in [-0.1, -0.05) is 48.5 Å². The Morgan fingerprint density at radius 2 is 1.63 bits per heavy atom. The van der Waals surface area contributed by atoms with Crippen LogP contribution in [0.15, 0.2) is 66.7 Å². The normalized spacial score (nSPS) is 14.6. The summed E-state index contributed by atoms with van der Waals surface area (Å²) in [6.07, 6.45) is 0.878. The molecule has 0 aliphatic carbocycles. The Hall–Kier alpha value is -3.12. The number of carbonyl (C=O) groups is 1. The molecule has 3 aromatic carbocycles. The zero-order chi connectivity index (χ0) is 20.8. The first-order chi connectivity index (χ1) is 14.7. The maximum Gasteiger partial charge on any atom is 0.319 e. The fourth-order valence-electron chi connectivity index (χ4n) is 3.93. The molecule has 0 radical (unpaired) electrons. The Kier molecular flexibility index (Phi) is 6.44. The van der Waals surface area contributed by atoms with Gasteiger partial charge in [0.2, 0.25) is 0 Å². The number of urea groups is 1. The second-order valence-corrected chi connectivity index (χ2v) is 7.54. The van der Waals surface area contributed by atoms with E-state index in [9.17, 15) is 9.18 Å². The highest BCUT2D eigenvalue weighted by molar-refractivity contribution is 6.01. The van der Waals surface area contributed by atoms with E-state index < -0.39 is 0 Å². The number of rotatable bonds is 6. The number of hydrogen-bond donors (Lipinski definition) is 2. The van der Waals surface area contributed by atoms with Gasteiger partial charge in [0.25, 0.3) is 0 Å². The van der Waals surface area contributed by atoms with Crippen molar-refractivity contribution in [3.05, 3.63) is 72.5 Å². The van der Waals surface area contributed by atoms with Crippen LogP contribution in [0.5, 0.6) is 0 Å². The molecule has 0 unspecified atom stereocenters. The summed E-state index contributed by atoms with van der Waals surface area (Å²) in [7, 11) is 0. The number of halogens is 1. The summed E-state index contributed by atoms with van der Waals surface area (Å²) in [6.45, 7) is 4.96. The molecule has 0 aromatic heterocycles. The molecule has 0 bridgehead atoms. The van der Waals surface area contributed by atoms with Crippen LogP contribution in [0.3, 0.4) is 0 Å². The predicted octanol–water partition coefficient (Wildman–Crippen LogP) is 4.31. The molecular weight excluding hydrogens is 379 g/mol. The zero-order valence-corrected chi connectivity index (χ0v) is 17.0. The third-order valence-electron chi connectivity index (χ3n) is 5.54. The van der Waals surface area contributed by atoms with Gasteiger partial charge in [-0.15, -0.1) is 0 Å². The fraction of sp³-hybridized carbons (Fsp3) is 0.292. The minimum atomic E-state index is -0.185. The molecule has 1 aliphatic rings. The number of amides is 2. The minimum Gasteiger partial charge on any atom is -0.367 e. The summed E-state index contributed by atoms with van der Waals surface area (Å²) in [6, 6.07) is 20.6. The summed E-state index contributed by atoms with van der Waals surface area (Å²) in [5, 5.41) is 8.02. The monoisotopic (exact) mass is 406 g/mol. The maximum absolute atomic E-state index is 13.9. The molecule has 1 heterocycles. The molecule has 0 spiro atoms. The minimum absolute atomic E-state index is 0.160. The van der Waals surface area contributed by atoms with Gasteiger partial charge in [-0.2, -0.15) is 0 Å². The highest BCUT2D eigenvalue weighted by Gasteiger charge is 2.18. The Morgan fingerprint density at radius 3 is 2.47 bits per heavy atom. The zero-order valence-electron chi connectivity index (χ0n) is 17.0. The molecule has 0 saturated carbocycles. The van der Waals surface area contributed by atoms with Crippen LogP contribution in [0.25, 0.3) is 10.8 Å². The van der Waals surface area contributed by atoms with Crippen molar-refractivity contribution in [1.82, 2.24) is 10.2 Å². The third-order valence-corrected chi connectivity index (χ3v) is 5.54. The van der Waals surface area contributed by atoms with Gasteiger partial charge in [-0.3, -0.25) is 4.90 Å². The highest BCUT2D eigenvalue weighted by atomic mass is 19.1. The van der Waals surface area contributed by atoms with Gasteiger partial charge in [0.1, 0.15) is 5.82 Å². The van der Waals surface area contributed by atoms with Crippen molar-refractivity contribution in [3.8, 4) is 0 Å². The van der Waals surface area contributed by atoms with Crippen molar-refractivity contribution in [1.29, 1.82) is 0 Å². The molecule has 5 nitrogen and oxygen atoms in total. The standard InChI is InChI=1S/C24H27FN4O/c25-21-10-3-4-12-23(21)29-17-15-28(16-18-29)14-6-13-26-24(30)27-22-11-5-8-19-7-1-2-9-20(19)22/h1-5,7-12H,6,13-18H2,(H2,26,27,30). The molecule has 156 valence electrons. The average molecular weight is 407 g/mol. The van der Waals surface area contributed by atoms with Gasteiger partial charge in [-0.05, 0) is 36.6 Å². The molecule has 6 heteroatoms. The van der Waals surface area contributed by atoms with Gasteiger partial charge < -0.3 is 15.5 Å². The Labute approximate surface area is 176 Å². The number of nitrogens with zero attached hydrogens (tertiary/aromatic N) is 2. The molecule has 1 saturated heterocycles. The lowest BCUT2D eigenvalue weighted by Gasteiger charge is -2.36. The summed E-state index contributed by atoms with van der Waals surface area (Å²) < 4.78 is 13.9. The van der Waals surface area contributed by atoms with Crippen LogP contribution < -0.4 is 15.5 Å². The molecule has 3 aromatic rings. The Bertz CT molecular complexity index is 996. The number of nitrogens with one attached hydrogen (secondary N) is 2. The second-order valence-electron chi connectivity index (χ2n) is 7.54. The topological polar surface area (TPSA) is 47.6 Å².